The molecule has 0 saturated heterocycles. The average molecular weight is 489 g/mol. The van der Waals surface area contributed by atoms with Crippen LogP contribution in [0.15, 0.2) is 60.7 Å². The van der Waals surface area contributed by atoms with Gasteiger partial charge in [-0.15, -0.1) is 0 Å². The first kappa shape index (κ1) is 25.6. The van der Waals surface area contributed by atoms with E-state index in [2.05, 4.69) is 41.4 Å². The zero-order valence-electron chi connectivity index (χ0n) is 21.8. The van der Waals surface area contributed by atoms with E-state index in [4.69, 9.17) is 14.2 Å². The Morgan fingerprint density at radius 1 is 1.00 bits per heavy atom. The minimum atomic E-state index is -0.0903. The minimum absolute atomic E-state index is 0.0198. The zero-order valence-corrected chi connectivity index (χ0v) is 21.8. The molecule has 6 nitrogen and oxygen atoms in total. The van der Waals surface area contributed by atoms with E-state index in [0.717, 1.165) is 43.0 Å². The second-order valence-corrected chi connectivity index (χ2v) is 9.22. The lowest BCUT2D eigenvalue weighted by atomic mass is 9.86. The first-order valence-corrected chi connectivity index (χ1v) is 12.5. The number of hydrogen-bond acceptors (Lipinski definition) is 5. The highest BCUT2D eigenvalue weighted by Crippen LogP contribution is 2.40. The van der Waals surface area contributed by atoms with Crippen molar-refractivity contribution in [3.63, 3.8) is 0 Å². The van der Waals surface area contributed by atoms with E-state index in [-0.39, 0.29) is 18.0 Å². The van der Waals surface area contributed by atoms with Crippen LogP contribution in [0.1, 0.15) is 52.0 Å². The van der Waals surface area contributed by atoms with Gasteiger partial charge in [0.25, 0.3) is 5.91 Å². The predicted octanol–water partition coefficient (Wildman–Crippen LogP) is 5.33. The summed E-state index contributed by atoms with van der Waals surface area (Å²) in [6.45, 7) is 5.73. The molecule has 190 valence electrons. The van der Waals surface area contributed by atoms with E-state index >= 15 is 0 Å². The number of carbonyl (C=O) groups excluding carboxylic acids is 1. The summed E-state index contributed by atoms with van der Waals surface area (Å²) >= 11 is 0. The summed E-state index contributed by atoms with van der Waals surface area (Å²) in [7, 11) is 5.00. The number of nitrogens with zero attached hydrogens (tertiary/aromatic N) is 1. The fraction of sp³-hybridized carbons (Fsp3) is 0.367. The van der Waals surface area contributed by atoms with Crippen molar-refractivity contribution < 1.29 is 19.0 Å². The molecule has 0 unspecified atom stereocenters. The highest BCUT2D eigenvalue weighted by atomic mass is 16.5. The molecule has 1 aliphatic rings. The number of carbonyl (C=O) groups is 1. The van der Waals surface area contributed by atoms with Gasteiger partial charge in [0.05, 0.1) is 27.4 Å². The van der Waals surface area contributed by atoms with Crippen molar-refractivity contribution in [2.24, 2.45) is 0 Å². The van der Waals surface area contributed by atoms with Crippen LogP contribution in [0.5, 0.6) is 17.2 Å². The lowest BCUT2D eigenvalue weighted by molar-refractivity contribution is 0.0858. The number of amides is 1. The van der Waals surface area contributed by atoms with Crippen molar-refractivity contribution in [2.45, 2.75) is 45.3 Å². The molecular weight excluding hydrogens is 452 g/mol. The number of hydrogen-bond donors (Lipinski definition) is 1. The molecule has 3 aromatic rings. The molecule has 0 spiro atoms. The summed E-state index contributed by atoms with van der Waals surface area (Å²) in [5.74, 6) is 2.23. The van der Waals surface area contributed by atoms with Crippen molar-refractivity contribution in [3.05, 3.63) is 88.5 Å². The largest absolute Gasteiger partial charge is 0.497 e. The van der Waals surface area contributed by atoms with Crippen LogP contribution < -0.4 is 19.5 Å². The van der Waals surface area contributed by atoms with Crippen molar-refractivity contribution in [1.82, 2.24) is 10.2 Å². The molecule has 3 aromatic carbocycles. The van der Waals surface area contributed by atoms with E-state index in [0.29, 0.717) is 11.3 Å². The Bertz CT molecular complexity index is 1190. The number of methoxy groups -OCH3 is 3. The van der Waals surface area contributed by atoms with E-state index < -0.39 is 0 Å². The number of benzene rings is 3. The van der Waals surface area contributed by atoms with Gasteiger partial charge in [-0.25, -0.2) is 0 Å². The molecule has 6 heteroatoms. The monoisotopic (exact) mass is 488 g/mol. The Morgan fingerprint density at radius 3 is 2.33 bits per heavy atom. The molecule has 0 saturated carbocycles. The van der Waals surface area contributed by atoms with Crippen molar-refractivity contribution in [3.8, 4) is 17.2 Å². The molecule has 4 rings (SSSR count). The van der Waals surface area contributed by atoms with Crippen molar-refractivity contribution >= 4 is 5.91 Å². The zero-order chi connectivity index (χ0) is 25.7. The maximum Gasteiger partial charge on any atom is 0.251 e. The highest BCUT2D eigenvalue weighted by molar-refractivity contribution is 5.95. The first-order chi connectivity index (χ1) is 17.5. The van der Waals surface area contributed by atoms with Gasteiger partial charge < -0.3 is 19.5 Å². The van der Waals surface area contributed by atoms with Gasteiger partial charge in [-0.3, -0.25) is 9.69 Å². The van der Waals surface area contributed by atoms with Crippen LogP contribution in [0.2, 0.25) is 0 Å². The predicted molar refractivity (Wildman–Crippen MR) is 142 cm³/mol. The van der Waals surface area contributed by atoms with E-state index in [1.54, 1.807) is 21.3 Å². The molecule has 1 N–H and O–H groups in total. The Morgan fingerprint density at radius 2 is 1.69 bits per heavy atom. The number of fused-ring (bicyclic) bond motifs is 1. The second kappa shape index (κ2) is 11.5. The van der Waals surface area contributed by atoms with Crippen LogP contribution in [0.4, 0.5) is 0 Å². The third-order valence-corrected chi connectivity index (χ3v) is 7.10. The van der Waals surface area contributed by atoms with Crippen LogP contribution in [-0.2, 0) is 13.0 Å². The van der Waals surface area contributed by atoms with Crippen LogP contribution in [0.25, 0.3) is 0 Å². The summed E-state index contributed by atoms with van der Waals surface area (Å²) in [6.07, 6.45) is 1.68. The van der Waals surface area contributed by atoms with Crippen molar-refractivity contribution in [2.75, 3.05) is 27.9 Å². The van der Waals surface area contributed by atoms with Gasteiger partial charge in [0, 0.05) is 24.7 Å². The fourth-order valence-corrected chi connectivity index (χ4v) is 5.12. The molecule has 1 aliphatic heterocycles. The van der Waals surface area contributed by atoms with Crippen LogP contribution in [-0.4, -0.2) is 44.7 Å². The van der Waals surface area contributed by atoms with Gasteiger partial charge in [-0.2, -0.15) is 0 Å². The third kappa shape index (κ3) is 5.34. The van der Waals surface area contributed by atoms with Gasteiger partial charge in [-0.1, -0.05) is 37.3 Å². The van der Waals surface area contributed by atoms with Gasteiger partial charge in [0.2, 0.25) is 0 Å². The highest BCUT2D eigenvalue weighted by Gasteiger charge is 2.35. The second-order valence-electron chi connectivity index (χ2n) is 9.22. The fourth-order valence-electron chi connectivity index (χ4n) is 5.12. The molecule has 0 aromatic heterocycles. The molecule has 0 bridgehead atoms. The van der Waals surface area contributed by atoms with Gasteiger partial charge in [0.15, 0.2) is 11.5 Å². The molecule has 0 radical (unpaired) electrons. The summed E-state index contributed by atoms with van der Waals surface area (Å²) in [4.78, 5) is 15.8. The Kier molecular flexibility index (Phi) is 8.16. The van der Waals surface area contributed by atoms with E-state index in [1.807, 2.05) is 43.3 Å². The lowest BCUT2D eigenvalue weighted by Gasteiger charge is -2.42. The van der Waals surface area contributed by atoms with Crippen molar-refractivity contribution in [1.29, 1.82) is 0 Å². The third-order valence-electron chi connectivity index (χ3n) is 7.10. The number of nitrogens with one attached hydrogen (secondary N) is 1. The smallest absolute Gasteiger partial charge is 0.251 e. The first-order valence-electron chi connectivity index (χ1n) is 12.5. The average Bonchev–Trinajstić information content (AvgIpc) is 2.91. The molecular formula is C30H36N2O4. The normalized spacial score (nSPS) is 16.1. The quantitative estimate of drug-likeness (QED) is 0.441. The van der Waals surface area contributed by atoms with Gasteiger partial charge >= 0.3 is 0 Å². The Labute approximate surface area is 214 Å². The molecule has 0 aliphatic carbocycles. The van der Waals surface area contributed by atoms with Crippen LogP contribution >= 0.6 is 0 Å². The summed E-state index contributed by atoms with van der Waals surface area (Å²) < 4.78 is 16.6. The summed E-state index contributed by atoms with van der Waals surface area (Å²) in [5.41, 5.74) is 5.28. The summed E-state index contributed by atoms with van der Waals surface area (Å²) in [5, 5.41) is 3.36. The molecule has 2 atom stereocenters. The van der Waals surface area contributed by atoms with Crippen LogP contribution in [0, 0.1) is 6.92 Å². The number of ether oxygens (including phenoxy) is 3. The number of rotatable bonds is 9. The standard InChI is InChI=1S/C30H36N2O4/c1-6-26(31-30(33)24-10-8-7-9-20(24)2)29-25-18-28(36-5)27(35-4)17-22(25)15-16-32(29)19-21-11-13-23(34-3)14-12-21/h7-14,17-18,26,29H,6,15-16,19H2,1-5H3,(H,31,33)/t26-,29-/m1/s1. The lowest BCUT2D eigenvalue weighted by Crippen LogP contribution is -2.48. The molecule has 1 amide bonds. The van der Waals surface area contributed by atoms with E-state index in [9.17, 15) is 4.79 Å². The maximum absolute atomic E-state index is 13.4. The summed E-state index contributed by atoms with van der Waals surface area (Å²) in [6, 6.07) is 20.0. The molecule has 1 heterocycles. The Hall–Kier alpha value is -3.51. The Balaban J connectivity index is 1.72. The van der Waals surface area contributed by atoms with Gasteiger partial charge in [-0.05, 0) is 72.4 Å². The SMILES string of the molecule is CC[C@@H](NC(=O)c1ccccc1C)[C@H]1c2cc(OC)c(OC)cc2CCN1Cc1ccc(OC)cc1. The number of aryl methyl sites for hydroxylation is 1. The minimum Gasteiger partial charge on any atom is -0.497 e. The van der Waals surface area contributed by atoms with Crippen LogP contribution in [0.3, 0.4) is 0 Å². The van der Waals surface area contributed by atoms with Gasteiger partial charge in [0.1, 0.15) is 5.75 Å². The van der Waals surface area contributed by atoms with E-state index in [1.165, 1.54) is 16.7 Å². The topological polar surface area (TPSA) is 60.0 Å². The molecule has 36 heavy (non-hydrogen) atoms. The molecule has 0 fully saturated rings. The maximum atomic E-state index is 13.4.